The highest BCUT2D eigenvalue weighted by Gasteiger charge is 2.33. The third kappa shape index (κ3) is 6.59. The van der Waals surface area contributed by atoms with E-state index in [1.54, 1.807) is 48.5 Å². The van der Waals surface area contributed by atoms with Crippen LogP contribution in [0, 0.1) is 0 Å². The van der Waals surface area contributed by atoms with Crippen molar-refractivity contribution in [3.05, 3.63) is 191 Å². The monoisotopic (exact) mass is 608 g/mol. The van der Waals surface area contributed by atoms with Crippen molar-refractivity contribution in [3.63, 3.8) is 0 Å². The Morgan fingerprint density at radius 3 is 0.804 bits per heavy atom. The molecule has 0 aliphatic carbocycles. The molecule has 2 unspecified atom stereocenters. The van der Waals surface area contributed by atoms with Gasteiger partial charge in [-0.25, -0.2) is 0 Å². The fourth-order valence-corrected chi connectivity index (χ4v) is 6.07. The van der Waals surface area contributed by atoms with E-state index in [0.29, 0.717) is 22.3 Å². The summed E-state index contributed by atoms with van der Waals surface area (Å²) in [4.78, 5) is 0. The number of hydrogen-bond acceptors (Lipinski definition) is 6. The largest absolute Gasteiger partial charge is 0.508 e. The van der Waals surface area contributed by atoms with Gasteiger partial charge in [-0.2, -0.15) is 0 Å². The molecule has 46 heavy (non-hydrogen) atoms. The molecule has 0 aliphatic rings. The quantitative estimate of drug-likeness (QED) is 0.0889. The highest BCUT2D eigenvalue weighted by Crippen LogP contribution is 2.42. The standard InChI is InChI=1S/C40H36N2O4/c43-33-23-11-7-19-29(33)39(30-20-8-12-24-34(30)44)41-37(27-15-3-1-4-16-27)38(28-17-5-2-6-18-28)42-40(31-21-9-13-25-35(31)45)32-22-10-14-26-36(32)46/h1-26,37-46H. The Balaban J connectivity index is 1.55. The van der Waals surface area contributed by atoms with Crippen LogP contribution in [0.25, 0.3) is 0 Å². The number of para-hydroxylation sites is 4. The lowest BCUT2D eigenvalue weighted by Crippen LogP contribution is -2.39. The molecule has 6 nitrogen and oxygen atoms in total. The third-order valence-corrected chi connectivity index (χ3v) is 8.33. The summed E-state index contributed by atoms with van der Waals surface area (Å²) in [6, 6.07) is 46.3. The smallest absolute Gasteiger partial charge is 0.120 e. The molecule has 0 fully saturated rings. The lowest BCUT2D eigenvalue weighted by molar-refractivity contribution is 0.332. The molecule has 6 rings (SSSR count). The van der Waals surface area contributed by atoms with Crippen LogP contribution in [-0.2, 0) is 0 Å². The summed E-state index contributed by atoms with van der Waals surface area (Å²) >= 11 is 0. The van der Waals surface area contributed by atoms with Crippen LogP contribution in [0.4, 0.5) is 0 Å². The fourth-order valence-electron chi connectivity index (χ4n) is 6.07. The van der Waals surface area contributed by atoms with Crippen LogP contribution in [0.15, 0.2) is 158 Å². The highest BCUT2D eigenvalue weighted by atomic mass is 16.3. The van der Waals surface area contributed by atoms with Crippen molar-refractivity contribution in [1.29, 1.82) is 0 Å². The molecule has 0 amide bonds. The number of rotatable bonds is 11. The van der Waals surface area contributed by atoms with E-state index in [2.05, 4.69) is 10.6 Å². The Labute approximate surface area is 268 Å². The van der Waals surface area contributed by atoms with Gasteiger partial charge in [-0.15, -0.1) is 0 Å². The average molecular weight is 609 g/mol. The Hall–Kier alpha value is -5.56. The van der Waals surface area contributed by atoms with E-state index < -0.39 is 24.2 Å². The first-order valence-electron chi connectivity index (χ1n) is 15.2. The second-order valence-electron chi connectivity index (χ2n) is 11.2. The molecular formula is C40H36N2O4. The summed E-state index contributed by atoms with van der Waals surface area (Å²) in [6.45, 7) is 0. The van der Waals surface area contributed by atoms with Crippen LogP contribution in [-0.4, -0.2) is 20.4 Å². The molecule has 2 atom stereocenters. The summed E-state index contributed by atoms with van der Waals surface area (Å²) in [7, 11) is 0. The molecule has 230 valence electrons. The summed E-state index contributed by atoms with van der Waals surface area (Å²) in [5, 5.41) is 52.0. The first kappa shape index (κ1) is 30.5. The molecule has 0 heterocycles. The number of benzene rings is 6. The van der Waals surface area contributed by atoms with Gasteiger partial charge in [0.1, 0.15) is 23.0 Å². The molecule has 0 aromatic heterocycles. The Morgan fingerprint density at radius 2 is 0.543 bits per heavy atom. The number of nitrogens with one attached hydrogen (secondary N) is 2. The molecule has 0 spiro atoms. The zero-order valence-electron chi connectivity index (χ0n) is 25.1. The first-order valence-corrected chi connectivity index (χ1v) is 15.2. The second-order valence-corrected chi connectivity index (χ2v) is 11.2. The average Bonchev–Trinajstić information content (AvgIpc) is 3.09. The van der Waals surface area contributed by atoms with E-state index in [-0.39, 0.29) is 23.0 Å². The Morgan fingerprint density at radius 1 is 0.304 bits per heavy atom. The van der Waals surface area contributed by atoms with Crippen LogP contribution in [0.3, 0.4) is 0 Å². The van der Waals surface area contributed by atoms with E-state index in [4.69, 9.17) is 0 Å². The van der Waals surface area contributed by atoms with Crippen molar-refractivity contribution in [2.45, 2.75) is 24.2 Å². The number of phenolic OH excluding ortho intramolecular Hbond substituents is 4. The van der Waals surface area contributed by atoms with Gasteiger partial charge in [0.25, 0.3) is 0 Å². The SMILES string of the molecule is Oc1ccccc1C(NC(c1ccccc1)C(NC(c1ccccc1O)c1ccccc1O)c1ccccc1)c1ccccc1O. The molecule has 0 radical (unpaired) electrons. The maximum atomic E-state index is 11.1. The van der Waals surface area contributed by atoms with Crippen molar-refractivity contribution in [2.75, 3.05) is 0 Å². The van der Waals surface area contributed by atoms with Crippen LogP contribution in [0.2, 0.25) is 0 Å². The Kier molecular flexibility index (Phi) is 9.29. The zero-order valence-corrected chi connectivity index (χ0v) is 25.1. The number of aromatic hydroxyl groups is 4. The van der Waals surface area contributed by atoms with Gasteiger partial charge in [0.05, 0.1) is 24.2 Å². The maximum absolute atomic E-state index is 11.1. The van der Waals surface area contributed by atoms with E-state index in [0.717, 1.165) is 11.1 Å². The molecule has 0 saturated heterocycles. The fraction of sp³-hybridized carbons (Fsp3) is 0.100. The zero-order chi connectivity index (χ0) is 31.9. The molecular weight excluding hydrogens is 572 g/mol. The lowest BCUT2D eigenvalue weighted by Gasteiger charge is -2.37. The van der Waals surface area contributed by atoms with Crippen molar-refractivity contribution in [2.24, 2.45) is 0 Å². The summed E-state index contributed by atoms with van der Waals surface area (Å²) < 4.78 is 0. The molecule has 6 aromatic rings. The molecule has 0 saturated carbocycles. The van der Waals surface area contributed by atoms with Gasteiger partial charge in [0, 0.05) is 22.3 Å². The van der Waals surface area contributed by atoms with Gasteiger partial charge in [0.2, 0.25) is 0 Å². The summed E-state index contributed by atoms with van der Waals surface area (Å²) in [5.74, 6) is 0.391. The minimum Gasteiger partial charge on any atom is -0.508 e. The van der Waals surface area contributed by atoms with Gasteiger partial charge in [-0.3, -0.25) is 10.6 Å². The van der Waals surface area contributed by atoms with Crippen molar-refractivity contribution in [3.8, 4) is 23.0 Å². The lowest BCUT2D eigenvalue weighted by atomic mass is 9.87. The van der Waals surface area contributed by atoms with Crippen LogP contribution < -0.4 is 10.6 Å². The molecule has 6 aromatic carbocycles. The maximum Gasteiger partial charge on any atom is 0.120 e. The Bertz CT molecular complexity index is 1650. The van der Waals surface area contributed by atoms with Gasteiger partial charge < -0.3 is 20.4 Å². The van der Waals surface area contributed by atoms with Crippen molar-refractivity contribution in [1.82, 2.24) is 10.6 Å². The van der Waals surface area contributed by atoms with Gasteiger partial charge in [0.15, 0.2) is 0 Å². The highest BCUT2D eigenvalue weighted by molar-refractivity contribution is 5.48. The predicted molar refractivity (Wildman–Crippen MR) is 181 cm³/mol. The number of hydrogen-bond donors (Lipinski definition) is 6. The third-order valence-electron chi connectivity index (χ3n) is 8.33. The topological polar surface area (TPSA) is 105 Å². The summed E-state index contributed by atoms with van der Waals surface area (Å²) in [6.07, 6.45) is 0. The molecule has 6 N–H and O–H groups in total. The predicted octanol–water partition coefficient (Wildman–Crippen LogP) is 8.05. The van der Waals surface area contributed by atoms with E-state index in [1.165, 1.54) is 0 Å². The molecule has 6 heteroatoms. The van der Waals surface area contributed by atoms with Gasteiger partial charge in [-0.05, 0) is 35.4 Å². The van der Waals surface area contributed by atoms with Crippen molar-refractivity contribution >= 4 is 0 Å². The van der Waals surface area contributed by atoms with E-state index >= 15 is 0 Å². The minimum absolute atomic E-state index is 0.0978. The second kappa shape index (κ2) is 14.0. The van der Waals surface area contributed by atoms with Gasteiger partial charge >= 0.3 is 0 Å². The molecule has 0 bridgehead atoms. The first-order chi connectivity index (χ1) is 22.5. The minimum atomic E-state index is -0.616. The van der Waals surface area contributed by atoms with Crippen LogP contribution in [0.5, 0.6) is 23.0 Å². The normalized spacial score (nSPS) is 12.7. The van der Waals surface area contributed by atoms with Crippen LogP contribution >= 0.6 is 0 Å². The molecule has 0 aliphatic heterocycles. The van der Waals surface area contributed by atoms with Gasteiger partial charge in [-0.1, -0.05) is 133 Å². The van der Waals surface area contributed by atoms with Crippen LogP contribution in [0.1, 0.15) is 57.5 Å². The number of phenols is 4. The van der Waals surface area contributed by atoms with E-state index in [1.807, 2.05) is 109 Å². The van der Waals surface area contributed by atoms with Crippen molar-refractivity contribution < 1.29 is 20.4 Å². The van der Waals surface area contributed by atoms with E-state index in [9.17, 15) is 20.4 Å². The summed E-state index contributed by atoms with van der Waals surface area (Å²) in [5.41, 5.74) is 4.33.